The van der Waals surface area contributed by atoms with E-state index in [1.807, 2.05) is 6.20 Å². The first-order valence-electron chi connectivity index (χ1n) is 8.91. The number of nitrogen functional groups attached to an aromatic ring is 1. The maximum Gasteiger partial charge on any atom is 0.151 e. The largest absolute Gasteiger partial charge is 0.384 e. The third-order valence-electron chi connectivity index (χ3n) is 5.62. The topological polar surface area (TPSA) is 77.2 Å². The number of ether oxygens (including phenoxy) is 1. The molecule has 6 nitrogen and oxygen atoms in total. The lowest BCUT2D eigenvalue weighted by atomic mass is 9.72. The van der Waals surface area contributed by atoms with Crippen molar-refractivity contribution in [2.24, 2.45) is 11.3 Å². The minimum atomic E-state index is 0.191. The molecule has 2 aromatic heterocycles. The van der Waals surface area contributed by atoms with E-state index in [9.17, 15) is 0 Å². The molecule has 0 aromatic carbocycles. The number of anilines is 2. The maximum atomic E-state index is 6.20. The normalized spacial score (nSPS) is 21.7. The summed E-state index contributed by atoms with van der Waals surface area (Å²) in [7, 11) is 0. The van der Waals surface area contributed by atoms with Gasteiger partial charge in [0, 0.05) is 30.0 Å². The summed E-state index contributed by atoms with van der Waals surface area (Å²) < 4.78 is 5.71. The molecule has 9 heteroatoms. The second kappa shape index (κ2) is 7.62. The Labute approximate surface area is 172 Å². The Morgan fingerprint density at radius 3 is 2.67 bits per heavy atom. The predicted molar refractivity (Wildman–Crippen MR) is 109 cm³/mol. The summed E-state index contributed by atoms with van der Waals surface area (Å²) in [4.78, 5) is 16.1. The van der Waals surface area contributed by atoms with Gasteiger partial charge in [-0.2, -0.15) is 0 Å². The number of nitrogens with two attached hydrogens (primary N) is 1. The van der Waals surface area contributed by atoms with Gasteiger partial charge in [-0.1, -0.05) is 41.9 Å². The lowest BCUT2D eigenvalue weighted by Crippen LogP contribution is -2.43. The van der Waals surface area contributed by atoms with E-state index in [1.165, 1.54) is 11.8 Å². The van der Waals surface area contributed by atoms with Crippen molar-refractivity contribution in [3.05, 3.63) is 28.6 Å². The number of rotatable bonds is 3. The summed E-state index contributed by atoms with van der Waals surface area (Å²) in [5.41, 5.74) is 6.09. The molecule has 0 bridgehead atoms. The summed E-state index contributed by atoms with van der Waals surface area (Å²) in [6, 6.07) is 1.68. The fourth-order valence-electron chi connectivity index (χ4n) is 3.78. The van der Waals surface area contributed by atoms with Crippen molar-refractivity contribution in [3.8, 4) is 0 Å². The first-order chi connectivity index (χ1) is 13.0. The number of pyridine rings is 1. The molecule has 0 aliphatic carbocycles. The van der Waals surface area contributed by atoms with Gasteiger partial charge in [-0.05, 0) is 24.8 Å². The molecule has 4 heterocycles. The SMILES string of the molecule is C[C@@H]1COCC12CCN(c1cnc(Sc3cc(N)nc(Cl)c3Cl)cn1)CC2. The van der Waals surface area contributed by atoms with Crippen LogP contribution in [-0.4, -0.2) is 41.3 Å². The van der Waals surface area contributed by atoms with Crippen LogP contribution >= 0.6 is 35.0 Å². The summed E-state index contributed by atoms with van der Waals surface area (Å²) in [6.45, 7) is 6.05. The molecule has 27 heavy (non-hydrogen) atoms. The van der Waals surface area contributed by atoms with Crippen molar-refractivity contribution in [3.63, 3.8) is 0 Å². The molecule has 4 rings (SSSR count). The average Bonchev–Trinajstić information content (AvgIpc) is 3.01. The highest BCUT2D eigenvalue weighted by molar-refractivity contribution is 7.99. The Morgan fingerprint density at radius 1 is 1.26 bits per heavy atom. The minimum Gasteiger partial charge on any atom is -0.384 e. The molecule has 0 amide bonds. The molecule has 2 aliphatic rings. The van der Waals surface area contributed by atoms with Crippen LogP contribution in [0.3, 0.4) is 0 Å². The monoisotopic (exact) mass is 425 g/mol. The molecule has 1 atom stereocenters. The fourth-order valence-corrected chi connectivity index (χ4v) is 5.05. The standard InChI is InChI=1S/C18H21Cl2N5OS/c1-11-9-26-10-18(11)2-4-25(5-3-18)14-7-23-15(8-22-14)27-12-6-13(21)24-17(20)16(12)19/h6-8,11H,2-5,9-10H2,1H3,(H2,21,24)/t11-/m1/s1. The van der Waals surface area contributed by atoms with Gasteiger partial charge in [-0.3, -0.25) is 0 Å². The molecular formula is C18H21Cl2N5OS. The van der Waals surface area contributed by atoms with E-state index in [0.29, 0.717) is 27.1 Å². The second-order valence-corrected chi connectivity index (χ2v) is 9.03. The molecule has 0 radical (unpaired) electrons. The molecule has 1 spiro atoms. The van der Waals surface area contributed by atoms with Gasteiger partial charge in [0.2, 0.25) is 0 Å². The summed E-state index contributed by atoms with van der Waals surface area (Å²) in [6.07, 6.45) is 5.84. The fraction of sp³-hybridized carbons (Fsp3) is 0.500. The first-order valence-corrected chi connectivity index (χ1v) is 10.5. The van der Waals surface area contributed by atoms with Crippen LogP contribution in [0.1, 0.15) is 19.8 Å². The lowest BCUT2D eigenvalue weighted by molar-refractivity contribution is 0.127. The first kappa shape index (κ1) is 19.1. The van der Waals surface area contributed by atoms with Crippen LogP contribution in [0.25, 0.3) is 0 Å². The van der Waals surface area contributed by atoms with Gasteiger partial charge in [0.15, 0.2) is 5.15 Å². The molecule has 2 N–H and O–H groups in total. The molecular weight excluding hydrogens is 405 g/mol. The Morgan fingerprint density at radius 2 is 2.04 bits per heavy atom. The van der Waals surface area contributed by atoms with Crippen molar-refractivity contribution in [2.45, 2.75) is 29.7 Å². The molecule has 2 aliphatic heterocycles. The summed E-state index contributed by atoms with van der Waals surface area (Å²) in [5, 5.41) is 1.29. The van der Waals surface area contributed by atoms with Crippen LogP contribution in [-0.2, 0) is 4.74 Å². The average molecular weight is 426 g/mol. The lowest BCUT2D eigenvalue weighted by Gasteiger charge is -2.41. The number of piperidine rings is 1. The van der Waals surface area contributed by atoms with E-state index in [1.54, 1.807) is 12.3 Å². The zero-order valence-electron chi connectivity index (χ0n) is 15.0. The third-order valence-corrected chi connectivity index (χ3v) is 7.45. The summed E-state index contributed by atoms with van der Waals surface area (Å²) >= 11 is 13.6. The van der Waals surface area contributed by atoms with Gasteiger partial charge in [0.1, 0.15) is 16.7 Å². The van der Waals surface area contributed by atoms with Crippen LogP contribution in [0.5, 0.6) is 0 Å². The third kappa shape index (κ3) is 3.83. The second-order valence-electron chi connectivity index (χ2n) is 7.23. The van der Waals surface area contributed by atoms with Crippen molar-refractivity contribution in [1.29, 1.82) is 0 Å². The highest BCUT2D eigenvalue weighted by atomic mass is 35.5. The quantitative estimate of drug-likeness (QED) is 0.739. The van der Waals surface area contributed by atoms with E-state index in [2.05, 4.69) is 26.8 Å². The molecule has 144 valence electrons. The van der Waals surface area contributed by atoms with Crippen molar-refractivity contribution in [1.82, 2.24) is 15.0 Å². The Bertz CT molecular complexity index is 827. The van der Waals surface area contributed by atoms with Crippen molar-refractivity contribution < 1.29 is 4.74 Å². The van der Waals surface area contributed by atoms with Gasteiger partial charge in [-0.15, -0.1) is 0 Å². The molecule has 2 aromatic rings. The Balaban J connectivity index is 1.43. The molecule has 2 saturated heterocycles. The number of aromatic nitrogens is 3. The zero-order valence-corrected chi connectivity index (χ0v) is 17.3. The maximum absolute atomic E-state index is 6.20. The number of hydrogen-bond acceptors (Lipinski definition) is 7. The number of nitrogens with zero attached hydrogens (tertiary/aromatic N) is 4. The Hall–Kier alpha value is -1.28. The highest BCUT2D eigenvalue weighted by Crippen LogP contribution is 2.44. The molecule has 0 unspecified atom stereocenters. The van der Waals surface area contributed by atoms with Crippen molar-refractivity contribution >= 4 is 46.6 Å². The minimum absolute atomic E-state index is 0.191. The molecule has 0 saturated carbocycles. The van der Waals surface area contributed by atoms with Crippen LogP contribution in [0.4, 0.5) is 11.6 Å². The number of halogens is 2. The van der Waals surface area contributed by atoms with Gasteiger partial charge >= 0.3 is 0 Å². The van der Waals surface area contributed by atoms with E-state index in [0.717, 1.165) is 50.0 Å². The van der Waals surface area contributed by atoms with Crippen molar-refractivity contribution in [2.75, 3.05) is 36.9 Å². The van der Waals surface area contributed by atoms with Crippen LogP contribution in [0, 0.1) is 11.3 Å². The molecule has 2 fully saturated rings. The van der Waals surface area contributed by atoms with E-state index in [4.69, 9.17) is 33.7 Å². The van der Waals surface area contributed by atoms with E-state index < -0.39 is 0 Å². The van der Waals surface area contributed by atoms with Gasteiger partial charge in [-0.25, -0.2) is 15.0 Å². The summed E-state index contributed by atoms with van der Waals surface area (Å²) in [5.74, 6) is 1.86. The van der Waals surface area contributed by atoms with Crippen LogP contribution in [0.2, 0.25) is 10.2 Å². The smallest absolute Gasteiger partial charge is 0.151 e. The van der Waals surface area contributed by atoms with Crippen LogP contribution in [0.15, 0.2) is 28.4 Å². The van der Waals surface area contributed by atoms with Gasteiger partial charge in [0.25, 0.3) is 0 Å². The van der Waals surface area contributed by atoms with E-state index in [-0.39, 0.29) is 5.15 Å². The van der Waals surface area contributed by atoms with Gasteiger partial charge in [0.05, 0.1) is 24.0 Å². The zero-order chi connectivity index (χ0) is 19.0. The Kier molecular flexibility index (Phi) is 5.38. The van der Waals surface area contributed by atoms with E-state index >= 15 is 0 Å². The number of hydrogen-bond donors (Lipinski definition) is 1. The highest BCUT2D eigenvalue weighted by Gasteiger charge is 2.43. The van der Waals surface area contributed by atoms with Crippen LogP contribution < -0.4 is 10.6 Å². The van der Waals surface area contributed by atoms with Gasteiger partial charge < -0.3 is 15.4 Å². The predicted octanol–water partition coefficient (Wildman–Crippen LogP) is 4.16.